The molecule has 0 bridgehead atoms. The van der Waals surface area contributed by atoms with Crippen molar-refractivity contribution in [1.82, 2.24) is 15.1 Å². The molecule has 2 aromatic carbocycles. The normalized spacial score (nSPS) is 10.8. The Balaban J connectivity index is 1.55. The quantitative estimate of drug-likeness (QED) is 0.546. The van der Waals surface area contributed by atoms with Crippen LogP contribution in [0.2, 0.25) is 0 Å². The zero-order valence-corrected chi connectivity index (χ0v) is 16.0. The van der Waals surface area contributed by atoms with Gasteiger partial charge in [0, 0.05) is 22.2 Å². The third-order valence-electron chi connectivity index (χ3n) is 4.18. The first-order chi connectivity index (χ1) is 13.5. The third-order valence-corrected chi connectivity index (χ3v) is 5.06. The average Bonchev–Trinajstić information content (AvgIpc) is 3.31. The number of carbonyl (C=O) groups excluding carboxylic acids is 1. The van der Waals surface area contributed by atoms with Crippen molar-refractivity contribution in [1.29, 1.82) is 0 Å². The molecular formula is C20H16N4O3S. The summed E-state index contributed by atoms with van der Waals surface area (Å²) in [5.74, 6) is -0.643. The van der Waals surface area contributed by atoms with E-state index in [0.29, 0.717) is 22.8 Å². The second kappa shape index (κ2) is 7.24. The lowest BCUT2D eigenvalue weighted by molar-refractivity contribution is 0.102. The molecule has 0 fully saturated rings. The molecule has 4 aromatic rings. The Labute approximate surface area is 164 Å². The molecule has 28 heavy (non-hydrogen) atoms. The molecule has 2 aromatic heterocycles. The first-order valence-corrected chi connectivity index (χ1v) is 9.38. The van der Waals surface area contributed by atoms with Gasteiger partial charge >= 0.3 is 5.76 Å². The number of aryl methyl sites for hydroxylation is 2. The van der Waals surface area contributed by atoms with Gasteiger partial charge in [-0.25, -0.2) is 9.78 Å². The highest BCUT2D eigenvalue weighted by atomic mass is 32.1. The molecule has 0 aliphatic carbocycles. The van der Waals surface area contributed by atoms with E-state index in [1.807, 2.05) is 26.0 Å². The van der Waals surface area contributed by atoms with Gasteiger partial charge in [-0.05, 0) is 31.5 Å². The maximum atomic E-state index is 12.6. The van der Waals surface area contributed by atoms with Crippen LogP contribution in [-0.2, 0) is 0 Å². The third kappa shape index (κ3) is 3.63. The lowest BCUT2D eigenvalue weighted by atomic mass is 10.1. The molecule has 0 saturated heterocycles. The van der Waals surface area contributed by atoms with Crippen LogP contribution < -0.4 is 11.1 Å². The van der Waals surface area contributed by atoms with E-state index < -0.39 is 5.76 Å². The molecule has 7 nitrogen and oxygen atoms in total. The van der Waals surface area contributed by atoms with Crippen molar-refractivity contribution in [2.45, 2.75) is 13.8 Å². The molecule has 0 radical (unpaired) electrons. The van der Waals surface area contributed by atoms with Gasteiger partial charge in [-0.15, -0.1) is 11.3 Å². The molecule has 0 spiro atoms. The predicted octanol–water partition coefficient (Wildman–Crippen LogP) is 4.02. The van der Waals surface area contributed by atoms with E-state index in [2.05, 4.69) is 31.0 Å². The standard InChI is InChI=1S/C20H16N4O3S/c1-11-6-7-15(12(2)8-11)19-22-16(10-28-19)18(25)21-14-5-3-4-13(9-14)17-23-20(26)27-24-17/h3-10H,1-2H3,(H,21,25)(H,23,24,26). The first kappa shape index (κ1) is 17.9. The van der Waals surface area contributed by atoms with Crippen LogP contribution in [0.1, 0.15) is 21.6 Å². The van der Waals surface area contributed by atoms with Crippen LogP contribution in [-0.4, -0.2) is 21.0 Å². The summed E-state index contributed by atoms with van der Waals surface area (Å²) < 4.78 is 4.51. The van der Waals surface area contributed by atoms with Gasteiger partial charge < -0.3 is 5.32 Å². The molecule has 1 amide bonds. The summed E-state index contributed by atoms with van der Waals surface area (Å²) >= 11 is 1.43. The largest absolute Gasteiger partial charge is 0.439 e. The minimum Gasteiger partial charge on any atom is -0.321 e. The summed E-state index contributed by atoms with van der Waals surface area (Å²) in [5.41, 5.74) is 4.86. The predicted molar refractivity (Wildman–Crippen MR) is 108 cm³/mol. The fourth-order valence-electron chi connectivity index (χ4n) is 2.85. The number of carbonyl (C=O) groups is 1. The maximum Gasteiger partial charge on any atom is 0.439 e. The van der Waals surface area contributed by atoms with Crippen LogP contribution in [0.3, 0.4) is 0 Å². The molecule has 0 unspecified atom stereocenters. The molecular weight excluding hydrogens is 376 g/mol. The van der Waals surface area contributed by atoms with Crippen molar-refractivity contribution < 1.29 is 9.32 Å². The number of H-pyrrole nitrogens is 1. The fraction of sp³-hybridized carbons (Fsp3) is 0.100. The van der Waals surface area contributed by atoms with Crippen molar-refractivity contribution >= 4 is 22.9 Å². The van der Waals surface area contributed by atoms with Crippen molar-refractivity contribution in [3.8, 4) is 22.0 Å². The number of aromatic amines is 1. The number of nitrogens with one attached hydrogen (secondary N) is 2. The number of thiazole rings is 1. The minimum atomic E-state index is -0.633. The number of nitrogens with zero attached hydrogens (tertiary/aromatic N) is 2. The van der Waals surface area contributed by atoms with E-state index in [9.17, 15) is 9.59 Å². The van der Waals surface area contributed by atoms with Gasteiger partial charge in [-0.2, -0.15) is 0 Å². The van der Waals surface area contributed by atoms with Gasteiger partial charge in [-0.1, -0.05) is 41.1 Å². The number of hydrogen-bond acceptors (Lipinski definition) is 6. The Morgan fingerprint density at radius 2 is 2.04 bits per heavy atom. The zero-order valence-electron chi connectivity index (χ0n) is 15.1. The highest BCUT2D eigenvalue weighted by molar-refractivity contribution is 7.13. The van der Waals surface area contributed by atoms with Crippen molar-refractivity contribution in [3.63, 3.8) is 0 Å². The zero-order chi connectivity index (χ0) is 19.7. The molecule has 4 rings (SSSR count). The SMILES string of the molecule is Cc1ccc(-c2nc(C(=O)Nc3cccc(-c4noc(=O)[nH]4)c3)cs2)c(C)c1. The lowest BCUT2D eigenvalue weighted by Crippen LogP contribution is -2.12. The molecule has 2 N–H and O–H groups in total. The van der Waals surface area contributed by atoms with Crippen LogP contribution in [0.4, 0.5) is 5.69 Å². The number of rotatable bonds is 4. The molecule has 0 saturated carbocycles. The summed E-state index contributed by atoms with van der Waals surface area (Å²) in [6, 6.07) is 13.1. The van der Waals surface area contributed by atoms with Crippen LogP contribution in [0, 0.1) is 13.8 Å². The van der Waals surface area contributed by atoms with Crippen LogP contribution in [0.25, 0.3) is 22.0 Å². The van der Waals surface area contributed by atoms with Gasteiger partial charge in [-0.3, -0.25) is 14.3 Å². The van der Waals surface area contributed by atoms with E-state index in [1.54, 1.807) is 29.6 Å². The molecule has 8 heteroatoms. The summed E-state index contributed by atoms with van der Waals surface area (Å²) in [6.07, 6.45) is 0. The van der Waals surface area contributed by atoms with Crippen LogP contribution in [0.5, 0.6) is 0 Å². The van der Waals surface area contributed by atoms with Crippen molar-refractivity contribution in [2.24, 2.45) is 0 Å². The number of hydrogen-bond donors (Lipinski definition) is 2. The van der Waals surface area contributed by atoms with Crippen molar-refractivity contribution in [3.05, 3.63) is 75.2 Å². The molecule has 140 valence electrons. The van der Waals surface area contributed by atoms with Crippen LogP contribution >= 0.6 is 11.3 Å². The monoisotopic (exact) mass is 392 g/mol. The van der Waals surface area contributed by atoms with Crippen molar-refractivity contribution in [2.75, 3.05) is 5.32 Å². The van der Waals surface area contributed by atoms with E-state index in [4.69, 9.17) is 0 Å². The summed E-state index contributed by atoms with van der Waals surface area (Å²) in [6.45, 7) is 4.07. The van der Waals surface area contributed by atoms with E-state index >= 15 is 0 Å². The highest BCUT2D eigenvalue weighted by Gasteiger charge is 2.14. The van der Waals surface area contributed by atoms with Crippen LogP contribution in [0.15, 0.2) is 57.2 Å². The number of aromatic nitrogens is 3. The minimum absolute atomic E-state index is 0.298. The number of benzene rings is 2. The number of amides is 1. The van der Waals surface area contributed by atoms with Gasteiger partial charge in [0.15, 0.2) is 5.82 Å². The van der Waals surface area contributed by atoms with E-state index in [-0.39, 0.29) is 5.91 Å². The Bertz CT molecular complexity index is 1220. The Morgan fingerprint density at radius 1 is 1.18 bits per heavy atom. The molecule has 0 aliphatic heterocycles. The summed E-state index contributed by atoms with van der Waals surface area (Å²) in [4.78, 5) is 30.7. The number of anilines is 1. The van der Waals surface area contributed by atoms with Gasteiger partial charge in [0.25, 0.3) is 5.91 Å². The summed E-state index contributed by atoms with van der Waals surface area (Å²) in [7, 11) is 0. The second-order valence-corrected chi connectivity index (χ2v) is 7.19. The first-order valence-electron chi connectivity index (χ1n) is 8.50. The van der Waals surface area contributed by atoms with Gasteiger partial charge in [0.05, 0.1) is 0 Å². The van der Waals surface area contributed by atoms with E-state index in [0.717, 1.165) is 16.1 Å². The smallest absolute Gasteiger partial charge is 0.321 e. The maximum absolute atomic E-state index is 12.6. The topological polar surface area (TPSA) is 101 Å². The fourth-order valence-corrected chi connectivity index (χ4v) is 3.74. The van der Waals surface area contributed by atoms with Gasteiger partial charge in [0.2, 0.25) is 0 Å². The van der Waals surface area contributed by atoms with Gasteiger partial charge in [0.1, 0.15) is 10.7 Å². The Morgan fingerprint density at radius 3 is 2.79 bits per heavy atom. The second-order valence-electron chi connectivity index (χ2n) is 6.33. The molecule has 0 atom stereocenters. The lowest BCUT2D eigenvalue weighted by Gasteiger charge is -2.05. The Hall–Kier alpha value is -3.52. The summed E-state index contributed by atoms with van der Waals surface area (Å²) in [5, 5.41) is 9.01. The Kier molecular flexibility index (Phi) is 4.62. The average molecular weight is 392 g/mol. The molecule has 0 aliphatic rings. The van der Waals surface area contributed by atoms with E-state index in [1.165, 1.54) is 16.9 Å². The molecule has 2 heterocycles. The highest BCUT2D eigenvalue weighted by Crippen LogP contribution is 2.28.